The molecule has 3 heterocycles. The molecule has 0 spiro atoms. The van der Waals surface area contributed by atoms with E-state index in [2.05, 4.69) is 120 Å². The Morgan fingerprint density at radius 1 is 0.380 bits per heavy atom. The van der Waals surface area contributed by atoms with Crippen LogP contribution in [0.4, 0.5) is 0 Å². The lowest BCUT2D eigenvalue weighted by molar-refractivity contribution is 0.669. The van der Waals surface area contributed by atoms with E-state index in [0.29, 0.717) is 17.6 Å². The number of aromatic nitrogens is 4. The van der Waals surface area contributed by atoms with Gasteiger partial charge in [0.05, 0.1) is 11.0 Å². The first-order valence-electron chi connectivity index (χ1n) is 16.7. The van der Waals surface area contributed by atoms with Crippen molar-refractivity contribution in [3.63, 3.8) is 0 Å². The van der Waals surface area contributed by atoms with E-state index >= 15 is 0 Å². The van der Waals surface area contributed by atoms with Gasteiger partial charge in [0.1, 0.15) is 11.2 Å². The molecule has 3 aromatic heterocycles. The van der Waals surface area contributed by atoms with Crippen molar-refractivity contribution < 1.29 is 4.42 Å². The number of rotatable bonds is 5. The molecule has 0 unspecified atom stereocenters. The number of fused-ring (bicyclic) bond motifs is 6. The fourth-order valence-corrected chi connectivity index (χ4v) is 7.24. The summed E-state index contributed by atoms with van der Waals surface area (Å²) >= 11 is 0. The lowest BCUT2D eigenvalue weighted by Gasteiger charge is -2.12. The number of hydrogen-bond acceptors (Lipinski definition) is 4. The van der Waals surface area contributed by atoms with Gasteiger partial charge in [-0.25, -0.2) is 4.98 Å². The van der Waals surface area contributed by atoms with E-state index in [4.69, 9.17) is 19.4 Å². The maximum Gasteiger partial charge on any atom is 0.238 e. The average molecular weight is 641 g/mol. The third kappa shape index (κ3) is 4.52. The first-order chi connectivity index (χ1) is 24.8. The molecule has 5 nitrogen and oxygen atoms in total. The molecule has 0 aliphatic heterocycles. The predicted molar refractivity (Wildman–Crippen MR) is 203 cm³/mol. The Bertz CT molecular complexity index is 2870. The molecule has 0 aliphatic carbocycles. The minimum Gasteiger partial charge on any atom is -0.456 e. The molecule has 0 saturated heterocycles. The fourth-order valence-electron chi connectivity index (χ4n) is 7.24. The molecular weight excluding hydrogens is 613 g/mol. The van der Waals surface area contributed by atoms with E-state index in [1.165, 1.54) is 16.5 Å². The lowest BCUT2D eigenvalue weighted by atomic mass is 9.98. The highest BCUT2D eigenvalue weighted by atomic mass is 16.3. The van der Waals surface area contributed by atoms with Crippen molar-refractivity contribution in [1.29, 1.82) is 0 Å². The first kappa shape index (κ1) is 28.2. The Hall–Kier alpha value is -6.85. The molecule has 0 N–H and O–H groups in total. The van der Waals surface area contributed by atoms with Gasteiger partial charge >= 0.3 is 0 Å². The highest BCUT2D eigenvalue weighted by molar-refractivity contribution is 6.16. The maximum atomic E-state index is 6.22. The van der Waals surface area contributed by atoms with Gasteiger partial charge in [-0.3, -0.25) is 4.57 Å². The number of nitrogens with zero attached hydrogens (tertiary/aromatic N) is 4. The summed E-state index contributed by atoms with van der Waals surface area (Å²) in [6.45, 7) is 0. The standard InChI is InChI=1S/C45H28N4O/c1-3-14-29(15-4-1)33-22-12-25-38-41(33)35-20-7-9-24-37(35)49(38)45-47-43(30-16-5-2-6-17-30)46-44(48-45)32-19-11-18-31(28-32)34-23-13-27-40-42(34)36-21-8-10-26-39(36)50-40/h1-28H. The zero-order valence-corrected chi connectivity index (χ0v) is 26.9. The van der Waals surface area contributed by atoms with Gasteiger partial charge in [-0.2, -0.15) is 9.97 Å². The van der Waals surface area contributed by atoms with Crippen LogP contribution in [0.1, 0.15) is 0 Å². The summed E-state index contributed by atoms with van der Waals surface area (Å²) < 4.78 is 8.40. The van der Waals surface area contributed by atoms with Gasteiger partial charge in [-0.15, -0.1) is 0 Å². The van der Waals surface area contributed by atoms with Crippen LogP contribution in [0.2, 0.25) is 0 Å². The molecule has 10 aromatic rings. The van der Waals surface area contributed by atoms with Crippen LogP contribution < -0.4 is 0 Å². The van der Waals surface area contributed by atoms with E-state index in [9.17, 15) is 0 Å². The molecule has 50 heavy (non-hydrogen) atoms. The number of para-hydroxylation sites is 2. The number of furan rings is 1. The van der Waals surface area contributed by atoms with E-state index in [1.54, 1.807) is 0 Å². The van der Waals surface area contributed by atoms with Crippen molar-refractivity contribution >= 4 is 43.7 Å². The zero-order chi connectivity index (χ0) is 33.0. The largest absolute Gasteiger partial charge is 0.456 e. The topological polar surface area (TPSA) is 56.7 Å². The summed E-state index contributed by atoms with van der Waals surface area (Å²) in [5.41, 5.74) is 10.1. The Kier molecular flexibility index (Phi) is 6.42. The highest BCUT2D eigenvalue weighted by Gasteiger charge is 2.20. The van der Waals surface area contributed by atoms with Crippen molar-refractivity contribution in [3.8, 4) is 51.0 Å². The minimum absolute atomic E-state index is 0.568. The smallest absolute Gasteiger partial charge is 0.238 e. The fraction of sp³-hybridized carbons (Fsp3) is 0. The molecule has 0 amide bonds. The van der Waals surface area contributed by atoms with E-state index in [0.717, 1.165) is 60.6 Å². The van der Waals surface area contributed by atoms with Gasteiger partial charge in [0.2, 0.25) is 5.95 Å². The summed E-state index contributed by atoms with van der Waals surface area (Å²) in [4.78, 5) is 15.5. The van der Waals surface area contributed by atoms with Crippen LogP contribution in [0, 0.1) is 0 Å². The van der Waals surface area contributed by atoms with Gasteiger partial charge in [-0.05, 0) is 52.6 Å². The average Bonchev–Trinajstić information content (AvgIpc) is 3.75. The van der Waals surface area contributed by atoms with E-state index in [-0.39, 0.29) is 0 Å². The van der Waals surface area contributed by atoms with Crippen molar-refractivity contribution in [3.05, 3.63) is 170 Å². The SMILES string of the molecule is c1ccc(-c2nc(-c3cccc(-c4cccc5oc6ccccc6c45)c3)nc(-n3c4ccccc4c4c(-c5ccccc5)cccc43)n2)cc1. The molecule has 0 aliphatic rings. The number of benzene rings is 7. The quantitative estimate of drug-likeness (QED) is 0.188. The van der Waals surface area contributed by atoms with Gasteiger partial charge in [0, 0.05) is 32.7 Å². The Morgan fingerprint density at radius 2 is 0.940 bits per heavy atom. The van der Waals surface area contributed by atoms with Crippen molar-refractivity contribution in [2.75, 3.05) is 0 Å². The van der Waals surface area contributed by atoms with Crippen LogP contribution in [-0.2, 0) is 0 Å². The summed E-state index contributed by atoms with van der Waals surface area (Å²) in [7, 11) is 0. The van der Waals surface area contributed by atoms with Crippen LogP contribution in [0.15, 0.2) is 174 Å². The Labute approximate surface area is 287 Å². The van der Waals surface area contributed by atoms with Crippen molar-refractivity contribution in [1.82, 2.24) is 19.5 Å². The predicted octanol–water partition coefficient (Wildman–Crippen LogP) is 11.5. The van der Waals surface area contributed by atoms with Gasteiger partial charge in [-0.1, -0.05) is 140 Å². The molecular formula is C45H28N4O. The summed E-state index contributed by atoms with van der Waals surface area (Å²) in [5, 5.41) is 4.51. The molecule has 7 aromatic carbocycles. The highest BCUT2D eigenvalue weighted by Crippen LogP contribution is 2.40. The third-order valence-electron chi connectivity index (χ3n) is 9.47. The normalized spacial score (nSPS) is 11.6. The van der Waals surface area contributed by atoms with Crippen molar-refractivity contribution in [2.24, 2.45) is 0 Å². The molecule has 0 fully saturated rings. The third-order valence-corrected chi connectivity index (χ3v) is 9.47. The van der Waals surface area contributed by atoms with Gasteiger partial charge in [0.25, 0.3) is 0 Å². The molecule has 0 radical (unpaired) electrons. The Morgan fingerprint density at radius 3 is 1.76 bits per heavy atom. The summed E-state index contributed by atoms with van der Waals surface area (Å²) in [6.07, 6.45) is 0. The lowest BCUT2D eigenvalue weighted by Crippen LogP contribution is -2.06. The van der Waals surface area contributed by atoms with Crippen LogP contribution >= 0.6 is 0 Å². The second kappa shape index (κ2) is 11.4. The monoisotopic (exact) mass is 640 g/mol. The first-order valence-corrected chi connectivity index (χ1v) is 16.7. The zero-order valence-electron chi connectivity index (χ0n) is 26.9. The molecule has 0 atom stereocenters. The van der Waals surface area contributed by atoms with Crippen LogP contribution in [0.3, 0.4) is 0 Å². The molecule has 0 bridgehead atoms. The second-order valence-corrected chi connectivity index (χ2v) is 12.4. The van der Waals surface area contributed by atoms with Gasteiger partial charge in [0.15, 0.2) is 11.6 Å². The second-order valence-electron chi connectivity index (χ2n) is 12.4. The molecule has 10 rings (SSSR count). The minimum atomic E-state index is 0.568. The summed E-state index contributed by atoms with van der Waals surface area (Å²) in [5.74, 6) is 1.78. The van der Waals surface area contributed by atoms with E-state index < -0.39 is 0 Å². The van der Waals surface area contributed by atoms with Crippen LogP contribution in [0.25, 0.3) is 94.7 Å². The maximum absolute atomic E-state index is 6.22. The van der Waals surface area contributed by atoms with Crippen LogP contribution in [-0.4, -0.2) is 19.5 Å². The van der Waals surface area contributed by atoms with E-state index in [1.807, 2.05) is 54.6 Å². The van der Waals surface area contributed by atoms with Gasteiger partial charge < -0.3 is 4.42 Å². The molecule has 5 heteroatoms. The molecule has 234 valence electrons. The Balaban J connectivity index is 1.21. The van der Waals surface area contributed by atoms with Crippen molar-refractivity contribution in [2.45, 2.75) is 0 Å². The molecule has 0 saturated carbocycles. The van der Waals surface area contributed by atoms with Crippen LogP contribution in [0.5, 0.6) is 0 Å². The summed E-state index contributed by atoms with van der Waals surface area (Å²) in [6, 6.07) is 58.5. The number of hydrogen-bond donors (Lipinski definition) is 0.